The Morgan fingerprint density at radius 3 is 2.25 bits per heavy atom. The first-order valence-electron chi connectivity index (χ1n) is 2.60. The van der Waals surface area contributed by atoms with E-state index in [4.69, 9.17) is 9.84 Å². The van der Waals surface area contributed by atoms with E-state index in [1.807, 2.05) is 13.8 Å². The molecule has 0 saturated carbocycles. The predicted molar refractivity (Wildman–Crippen MR) is 32.2 cm³/mol. The highest BCUT2D eigenvalue weighted by atomic mass is 16.6. The average molecular weight is 116 g/mol. The number of aliphatic hydroxyl groups is 1. The van der Waals surface area contributed by atoms with Crippen LogP contribution in [0, 0.1) is 0 Å². The van der Waals surface area contributed by atoms with Gasteiger partial charge < -0.3 is 9.84 Å². The van der Waals surface area contributed by atoms with Gasteiger partial charge in [-0.25, -0.2) is 0 Å². The van der Waals surface area contributed by atoms with Crippen molar-refractivity contribution in [3.8, 4) is 0 Å². The molecule has 2 heteroatoms. The van der Waals surface area contributed by atoms with Gasteiger partial charge in [0, 0.05) is 0 Å². The molecule has 0 radical (unpaired) electrons. The summed E-state index contributed by atoms with van der Waals surface area (Å²) < 4.78 is 4.70. The molecule has 0 amide bonds. The summed E-state index contributed by atoms with van der Waals surface area (Å²) in [7, 11) is 0. The summed E-state index contributed by atoms with van der Waals surface area (Å²) in [6.45, 7) is 5.38. The molecule has 1 atom stereocenters. The monoisotopic (exact) mass is 116 g/mol. The molecule has 0 rings (SSSR count). The van der Waals surface area contributed by atoms with Crippen LogP contribution in [0.15, 0.2) is 11.8 Å². The second kappa shape index (κ2) is 3.50. The molecule has 0 saturated heterocycles. The SMILES string of the molecule is CC(C)=COC(C)O. The quantitative estimate of drug-likeness (QED) is 0.435. The van der Waals surface area contributed by atoms with Gasteiger partial charge in [0.1, 0.15) is 0 Å². The molecule has 0 aliphatic carbocycles. The molecule has 0 heterocycles. The number of hydrogen-bond donors (Lipinski definition) is 1. The standard InChI is InChI=1S/C6H12O2/c1-5(2)4-8-6(3)7/h4,6-7H,1-3H3. The second-order valence-corrected chi connectivity index (χ2v) is 1.93. The van der Waals surface area contributed by atoms with E-state index in [2.05, 4.69) is 0 Å². The van der Waals surface area contributed by atoms with Gasteiger partial charge in [-0.05, 0) is 26.3 Å². The molecule has 2 nitrogen and oxygen atoms in total. The van der Waals surface area contributed by atoms with Crippen molar-refractivity contribution < 1.29 is 9.84 Å². The molecular weight excluding hydrogens is 104 g/mol. The van der Waals surface area contributed by atoms with Crippen molar-refractivity contribution in [1.82, 2.24) is 0 Å². The lowest BCUT2D eigenvalue weighted by Crippen LogP contribution is -2.00. The van der Waals surface area contributed by atoms with Gasteiger partial charge in [-0.2, -0.15) is 0 Å². The predicted octanol–water partition coefficient (Wildman–Crippen LogP) is 1.26. The molecule has 0 aromatic heterocycles. The Hall–Kier alpha value is -0.500. The van der Waals surface area contributed by atoms with E-state index in [1.165, 1.54) is 6.26 Å². The lowest BCUT2D eigenvalue weighted by atomic mass is 10.4. The van der Waals surface area contributed by atoms with E-state index >= 15 is 0 Å². The molecule has 0 aliphatic heterocycles. The van der Waals surface area contributed by atoms with Crippen molar-refractivity contribution in [3.05, 3.63) is 11.8 Å². The van der Waals surface area contributed by atoms with E-state index in [0.29, 0.717) is 0 Å². The zero-order chi connectivity index (χ0) is 6.57. The van der Waals surface area contributed by atoms with E-state index in [1.54, 1.807) is 6.92 Å². The molecule has 1 N–H and O–H groups in total. The van der Waals surface area contributed by atoms with Gasteiger partial charge >= 0.3 is 0 Å². The summed E-state index contributed by atoms with van der Waals surface area (Å²) in [5.74, 6) is 0. The Labute approximate surface area is 49.8 Å². The summed E-state index contributed by atoms with van der Waals surface area (Å²) >= 11 is 0. The van der Waals surface area contributed by atoms with Crippen LogP contribution in [0.3, 0.4) is 0 Å². The Morgan fingerprint density at radius 1 is 1.62 bits per heavy atom. The van der Waals surface area contributed by atoms with Crippen molar-refractivity contribution in [2.45, 2.75) is 27.1 Å². The maximum absolute atomic E-state index is 8.53. The van der Waals surface area contributed by atoms with Crippen LogP contribution in [-0.2, 0) is 4.74 Å². The Balaban J connectivity index is 3.29. The third kappa shape index (κ3) is 5.50. The summed E-state index contributed by atoms with van der Waals surface area (Å²) in [5.41, 5.74) is 1.05. The number of aliphatic hydroxyl groups excluding tert-OH is 1. The second-order valence-electron chi connectivity index (χ2n) is 1.93. The van der Waals surface area contributed by atoms with E-state index in [9.17, 15) is 0 Å². The van der Waals surface area contributed by atoms with Gasteiger partial charge in [0.15, 0.2) is 6.29 Å². The Morgan fingerprint density at radius 2 is 2.12 bits per heavy atom. The fourth-order valence-corrected chi connectivity index (χ4v) is 0.235. The molecule has 0 aromatic rings. The minimum atomic E-state index is -0.690. The van der Waals surface area contributed by atoms with Crippen molar-refractivity contribution >= 4 is 0 Å². The highest BCUT2D eigenvalue weighted by molar-refractivity contribution is 4.86. The largest absolute Gasteiger partial charge is 0.473 e. The Kier molecular flexibility index (Phi) is 3.28. The van der Waals surface area contributed by atoms with Crippen LogP contribution in [0.25, 0.3) is 0 Å². The smallest absolute Gasteiger partial charge is 0.193 e. The maximum Gasteiger partial charge on any atom is 0.193 e. The van der Waals surface area contributed by atoms with Crippen molar-refractivity contribution in [2.75, 3.05) is 0 Å². The molecule has 0 fully saturated rings. The summed E-state index contributed by atoms with van der Waals surface area (Å²) in [6.07, 6.45) is 0.842. The lowest BCUT2D eigenvalue weighted by Gasteiger charge is -2.01. The van der Waals surface area contributed by atoms with Crippen LogP contribution in [0.4, 0.5) is 0 Å². The van der Waals surface area contributed by atoms with Crippen LogP contribution in [0.1, 0.15) is 20.8 Å². The molecule has 0 aliphatic rings. The summed E-state index contributed by atoms with van der Waals surface area (Å²) in [4.78, 5) is 0. The van der Waals surface area contributed by atoms with Crippen molar-refractivity contribution in [3.63, 3.8) is 0 Å². The van der Waals surface area contributed by atoms with E-state index in [0.717, 1.165) is 5.57 Å². The number of rotatable bonds is 2. The van der Waals surface area contributed by atoms with Crippen LogP contribution in [0.2, 0.25) is 0 Å². The summed E-state index contributed by atoms with van der Waals surface area (Å²) in [6, 6.07) is 0. The topological polar surface area (TPSA) is 29.5 Å². The number of hydrogen-bond acceptors (Lipinski definition) is 2. The molecule has 48 valence electrons. The normalized spacial score (nSPS) is 12.5. The van der Waals surface area contributed by atoms with Crippen LogP contribution in [-0.4, -0.2) is 11.4 Å². The average Bonchev–Trinajstić information content (AvgIpc) is 1.61. The Bertz CT molecular complexity index is 80.5. The number of ether oxygens (including phenoxy) is 1. The van der Waals surface area contributed by atoms with Crippen LogP contribution >= 0.6 is 0 Å². The molecule has 8 heavy (non-hydrogen) atoms. The number of allylic oxidation sites excluding steroid dienone is 1. The maximum atomic E-state index is 8.53. The molecule has 0 bridgehead atoms. The van der Waals surface area contributed by atoms with Gasteiger partial charge in [-0.1, -0.05) is 0 Å². The first-order valence-corrected chi connectivity index (χ1v) is 2.60. The first-order chi connectivity index (χ1) is 3.63. The van der Waals surface area contributed by atoms with Crippen LogP contribution in [0.5, 0.6) is 0 Å². The zero-order valence-electron chi connectivity index (χ0n) is 5.51. The highest BCUT2D eigenvalue weighted by Gasteiger charge is 1.86. The molecule has 0 aromatic carbocycles. The van der Waals surface area contributed by atoms with Gasteiger partial charge in [0.2, 0.25) is 0 Å². The van der Waals surface area contributed by atoms with Crippen molar-refractivity contribution in [1.29, 1.82) is 0 Å². The third-order valence-electron chi connectivity index (χ3n) is 0.501. The lowest BCUT2D eigenvalue weighted by molar-refractivity contribution is -0.0358. The zero-order valence-corrected chi connectivity index (χ0v) is 5.51. The molecular formula is C6H12O2. The first kappa shape index (κ1) is 7.50. The summed E-state index contributed by atoms with van der Waals surface area (Å²) in [5, 5.41) is 8.53. The van der Waals surface area contributed by atoms with Crippen LogP contribution < -0.4 is 0 Å². The minimum Gasteiger partial charge on any atom is -0.473 e. The van der Waals surface area contributed by atoms with Crippen molar-refractivity contribution in [2.24, 2.45) is 0 Å². The minimum absolute atomic E-state index is 0.690. The van der Waals surface area contributed by atoms with Gasteiger partial charge in [0.05, 0.1) is 6.26 Å². The van der Waals surface area contributed by atoms with Gasteiger partial charge in [-0.3, -0.25) is 0 Å². The molecule has 1 unspecified atom stereocenters. The van der Waals surface area contributed by atoms with E-state index < -0.39 is 6.29 Å². The van der Waals surface area contributed by atoms with E-state index in [-0.39, 0.29) is 0 Å². The highest BCUT2D eigenvalue weighted by Crippen LogP contribution is 1.91. The van der Waals surface area contributed by atoms with Gasteiger partial charge in [0.25, 0.3) is 0 Å². The molecule has 0 spiro atoms. The fourth-order valence-electron chi connectivity index (χ4n) is 0.235. The fraction of sp³-hybridized carbons (Fsp3) is 0.667. The third-order valence-corrected chi connectivity index (χ3v) is 0.501. The van der Waals surface area contributed by atoms with Gasteiger partial charge in [-0.15, -0.1) is 0 Å².